The molecule has 3 rings (SSSR count). The molecule has 2 amide bonds. The zero-order valence-electron chi connectivity index (χ0n) is 14.9. The number of ether oxygens (including phenoxy) is 1. The summed E-state index contributed by atoms with van der Waals surface area (Å²) in [5.41, 5.74) is 0.623. The minimum Gasteiger partial charge on any atom is -0.487 e. The summed E-state index contributed by atoms with van der Waals surface area (Å²) in [6.45, 7) is 6.54. The third-order valence-electron chi connectivity index (χ3n) is 4.83. The number of carbonyl (C=O) groups is 3. The highest BCUT2D eigenvalue weighted by Crippen LogP contribution is 2.34. The smallest absolute Gasteiger partial charge is 0.227 e. The SMILES string of the molecule is CC(=O)N1CCC(C(=O)Nc2ccc3c(c2)C(=O)CC(C)(C)O3)CC1. The van der Waals surface area contributed by atoms with E-state index in [0.29, 0.717) is 49.4 Å². The predicted molar refractivity (Wildman–Crippen MR) is 93.7 cm³/mol. The van der Waals surface area contributed by atoms with E-state index in [-0.39, 0.29) is 23.5 Å². The number of ketones is 1. The highest BCUT2D eigenvalue weighted by molar-refractivity contribution is 6.02. The number of hydrogen-bond donors (Lipinski definition) is 1. The molecule has 6 heteroatoms. The highest BCUT2D eigenvalue weighted by Gasteiger charge is 2.33. The first-order valence-electron chi connectivity index (χ1n) is 8.68. The summed E-state index contributed by atoms with van der Waals surface area (Å²) in [6.07, 6.45) is 1.64. The zero-order valence-corrected chi connectivity index (χ0v) is 14.9. The van der Waals surface area contributed by atoms with Gasteiger partial charge in [-0.05, 0) is 44.9 Å². The fourth-order valence-corrected chi connectivity index (χ4v) is 3.43. The van der Waals surface area contributed by atoms with E-state index < -0.39 is 5.60 Å². The van der Waals surface area contributed by atoms with Crippen molar-refractivity contribution in [2.75, 3.05) is 18.4 Å². The molecular formula is C19H24N2O4. The van der Waals surface area contributed by atoms with Crippen LogP contribution in [0.3, 0.4) is 0 Å². The Hall–Kier alpha value is -2.37. The molecule has 0 spiro atoms. The molecule has 2 aliphatic heterocycles. The Balaban J connectivity index is 1.66. The molecule has 2 heterocycles. The van der Waals surface area contributed by atoms with Crippen LogP contribution in [-0.2, 0) is 9.59 Å². The van der Waals surface area contributed by atoms with Gasteiger partial charge in [-0.2, -0.15) is 0 Å². The van der Waals surface area contributed by atoms with Crippen LogP contribution < -0.4 is 10.1 Å². The van der Waals surface area contributed by atoms with E-state index >= 15 is 0 Å². The van der Waals surface area contributed by atoms with Gasteiger partial charge in [-0.15, -0.1) is 0 Å². The van der Waals surface area contributed by atoms with Gasteiger partial charge in [0.05, 0.1) is 12.0 Å². The molecule has 0 bridgehead atoms. The number of piperidine rings is 1. The summed E-state index contributed by atoms with van der Waals surface area (Å²) in [7, 11) is 0. The van der Waals surface area contributed by atoms with Crippen molar-refractivity contribution in [3.8, 4) is 5.75 Å². The number of anilines is 1. The van der Waals surface area contributed by atoms with Crippen LogP contribution >= 0.6 is 0 Å². The number of nitrogens with one attached hydrogen (secondary N) is 1. The zero-order chi connectivity index (χ0) is 18.2. The predicted octanol–water partition coefficient (Wildman–Crippen LogP) is 2.63. The molecule has 1 N–H and O–H groups in total. The average Bonchev–Trinajstić information content (AvgIpc) is 2.54. The Morgan fingerprint density at radius 2 is 1.92 bits per heavy atom. The molecule has 25 heavy (non-hydrogen) atoms. The molecule has 1 fully saturated rings. The molecule has 0 aliphatic carbocycles. The molecule has 0 aromatic heterocycles. The lowest BCUT2D eigenvalue weighted by Crippen LogP contribution is -2.40. The van der Waals surface area contributed by atoms with Crippen LogP contribution in [0.2, 0.25) is 0 Å². The van der Waals surface area contributed by atoms with E-state index in [1.165, 1.54) is 0 Å². The Kier molecular flexibility index (Phi) is 4.54. The van der Waals surface area contributed by atoms with E-state index in [2.05, 4.69) is 5.32 Å². The number of nitrogens with zero attached hydrogens (tertiary/aromatic N) is 1. The molecule has 0 atom stereocenters. The molecule has 1 aromatic carbocycles. The van der Waals surface area contributed by atoms with Gasteiger partial charge in [-0.1, -0.05) is 0 Å². The Bertz CT molecular complexity index is 718. The molecule has 2 aliphatic rings. The van der Waals surface area contributed by atoms with Gasteiger partial charge in [-0.25, -0.2) is 0 Å². The molecule has 134 valence electrons. The number of hydrogen-bond acceptors (Lipinski definition) is 4. The summed E-state index contributed by atoms with van der Waals surface area (Å²) >= 11 is 0. The molecule has 1 saturated heterocycles. The van der Waals surface area contributed by atoms with Crippen molar-refractivity contribution >= 4 is 23.3 Å². The van der Waals surface area contributed by atoms with Gasteiger partial charge in [0, 0.05) is 31.6 Å². The van der Waals surface area contributed by atoms with Gasteiger partial charge in [0.15, 0.2) is 5.78 Å². The quantitative estimate of drug-likeness (QED) is 0.895. The lowest BCUT2D eigenvalue weighted by atomic mass is 9.92. The third kappa shape index (κ3) is 3.83. The summed E-state index contributed by atoms with van der Waals surface area (Å²) in [4.78, 5) is 37.9. The first-order chi connectivity index (χ1) is 11.7. The summed E-state index contributed by atoms with van der Waals surface area (Å²) in [6, 6.07) is 5.19. The first-order valence-corrected chi connectivity index (χ1v) is 8.68. The maximum atomic E-state index is 12.5. The van der Waals surface area contributed by atoms with Crippen molar-refractivity contribution in [1.82, 2.24) is 4.90 Å². The number of Topliss-reactive ketones (excluding diaryl/α,β-unsaturated/α-hetero) is 1. The monoisotopic (exact) mass is 344 g/mol. The van der Waals surface area contributed by atoms with Crippen molar-refractivity contribution in [2.45, 2.75) is 45.6 Å². The van der Waals surface area contributed by atoms with Gasteiger partial charge in [0.1, 0.15) is 11.4 Å². The van der Waals surface area contributed by atoms with Crippen LogP contribution in [0.1, 0.15) is 50.4 Å². The van der Waals surface area contributed by atoms with Crippen molar-refractivity contribution in [3.05, 3.63) is 23.8 Å². The van der Waals surface area contributed by atoms with Crippen LogP contribution in [-0.4, -0.2) is 41.2 Å². The highest BCUT2D eigenvalue weighted by atomic mass is 16.5. The lowest BCUT2D eigenvalue weighted by molar-refractivity contribution is -0.132. The lowest BCUT2D eigenvalue weighted by Gasteiger charge is -2.32. The van der Waals surface area contributed by atoms with E-state index in [0.717, 1.165) is 0 Å². The van der Waals surface area contributed by atoms with Crippen molar-refractivity contribution in [1.29, 1.82) is 0 Å². The third-order valence-corrected chi connectivity index (χ3v) is 4.83. The molecule has 0 saturated carbocycles. The number of likely N-dealkylation sites (tertiary alicyclic amines) is 1. The topological polar surface area (TPSA) is 75.7 Å². The molecule has 0 unspecified atom stereocenters. The van der Waals surface area contributed by atoms with E-state index in [4.69, 9.17) is 4.74 Å². The number of rotatable bonds is 2. The average molecular weight is 344 g/mol. The minimum absolute atomic E-state index is 0.0251. The van der Waals surface area contributed by atoms with Gasteiger partial charge >= 0.3 is 0 Å². The standard InChI is InChI=1S/C19H24N2O4/c1-12(22)21-8-6-13(7-9-21)18(24)20-14-4-5-17-15(10-14)16(23)11-19(2,3)25-17/h4-5,10,13H,6-9,11H2,1-3H3,(H,20,24). The molecule has 1 aromatic rings. The van der Waals surface area contributed by atoms with Crippen molar-refractivity contribution in [3.63, 3.8) is 0 Å². The van der Waals surface area contributed by atoms with Gasteiger partial charge < -0.3 is 15.0 Å². The molecule has 6 nitrogen and oxygen atoms in total. The fourth-order valence-electron chi connectivity index (χ4n) is 3.43. The number of benzene rings is 1. The van der Waals surface area contributed by atoms with Gasteiger partial charge in [0.2, 0.25) is 11.8 Å². The Morgan fingerprint density at radius 3 is 2.56 bits per heavy atom. The van der Waals surface area contributed by atoms with Crippen LogP contribution in [0.25, 0.3) is 0 Å². The summed E-state index contributed by atoms with van der Waals surface area (Å²) in [5.74, 6) is 0.464. The van der Waals surface area contributed by atoms with E-state index in [1.807, 2.05) is 13.8 Å². The first kappa shape index (κ1) is 17.5. The molecule has 0 radical (unpaired) electrons. The fraction of sp³-hybridized carbons (Fsp3) is 0.526. The second-order valence-corrected chi connectivity index (χ2v) is 7.44. The van der Waals surface area contributed by atoms with Gasteiger partial charge in [-0.3, -0.25) is 14.4 Å². The van der Waals surface area contributed by atoms with Crippen LogP contribution in [0.15, 0.2) is 18.2 Å². The minimum atomic E-state index is -0.500. The number of carbonyl (C=O) groups excluding carboxylic acids is 3. The van der Waals surface area contributed by atoms with Crippen molar-refractivity contribution < 1.29 is 19.1 Å². The maximum Gasteiger partial charge on any atom is 0.227 e. The van der Waals surface area contributed by atoms with E-state index in [1.54, 1.807) is 30.0 Å². The molecular weight excluding hydrogens is 320 g/mol. The number of fused-ring (bicyclic) bond motifs is 1. The Morgan fingerprint density at radius 1 is 1.24 bits per heavy atom. The van der Waals surface area contributed by atoms with Crippen LogP contribution in [0, 0.1) is 5.92 Å². The van der Waals surface area contributed by atoms with Crippen molar-refractivity contribution in [2.24, 2.45) is 5.92 Å². The van der Waals surface area contributed by atoms with Gasteiger partial charge in [0.25, 0.3) is 0 Å². The second kappa shape index (κ2) is 6.50. The second-order valence-electron chi connectivity index (χ2n) is 7.44. The van der Waals surface area contributed by atoms with E-state index in [9.17, 15) is 14.4 Å². The van der Waals surface area contributed by atoms with Crippen LogP contribution in [0.5, 0.6) is 5.75 Å². The summed E-state index contributed by atoms with van der Waals surface area (Å²) in [5, 5.41) is 2.90. The Labute approximate surface area is 147 Å². The van der Waals surface area contributed by atoms with Crippen LogP contribution in [0.4, 0.5) is 5.69 Å². The maximum absolute atomic E-state index is 12.5. The largest absolute Gasteiger partial charge is 0.487 e. The normalized spacial score (nSPS) is 19.8. The summed E-state index contributed by atoms with van der Waals surface area (Å²) < 4.78 is 5.83. The number of amides is 2.